The summed E-state index contributed by atoms with van der Waals surface area (Å²) < 4.78 is 0. The van der Waals surface area contributed by atoms with Gasteiger partial charge in [0.25, 0.3) is 0 Å². The maximum Gasteiger partial charge on any atom is 0.223 e. The largest absolute Gasteiger partial charge is 0.340 e. The van der Waals surface area contributed by atoms with Crippen LogP contribution in [0.25, 0.3) is 0 Å². The Labute approximate surface area is 147 Å². The quantitative estimate of drug-likeness (QED) is 0.780. The molecule has 0 radical (unpaired) electrons. The van der Waals surface area contributed by atoms with Gasteiger partial charge in [0.1, 0.15) is 0 Å². The van der Waals surface area contributed by atoms with Gasteiger partial charge in [-0.05, 0) is 45.8 Å². The van der Waals surface area contributed by atoms with Gasteiger partial charge < -0.3 is 9.80 Å². The molecule has 4 nitrogen and oxygen atoms in total. The fourth-order valence-electron chi connectivity index (χ4n) is 4.12. The van der Waals surface area contributed by atoms with Crippen molar-refractivity contribution >= 4 is 30.7 Å². The lowest BCUT2D eigenvalue weighted by molar-refractivity contribution is -0.137. The summed E-state index contributed by atoms with van der Waals surface area (Å²) in [6.07, 6.45) is 8.59. The molecule has 2 unspecified atom stereocenters. The van der Waals surface area contributed by atoms with Crippen LogP contribution in [0, 0.1) is 0 Å². The maximum atomic E-state index is 12.5. The molecule has 0 saturated carbocycles. The highest BCUT2D eigenvalue weighted by atomic mass is 35.5. The third-order valence-corrected chi connectivity index (χ3v) is 5.53. The molecule has 0 aromatic carbocycles. The van der Waals surface area contributed by atoms with E-state index in [1.54, 1.807) is 0 Å². The van der Waals surface area contributed by atoms with Crippen LogP contribution in [0.1, 0.15) is 44.9 Å². The Morgan fingerprint density at radius 2 is 1.55 bits per heavy atom. The lowest BCUT2D eigenvalue weighted by atomic mass is 9.92. The third-order valence-electron chi connectivity index (χ3n) is 5.53. The van der Waals surface area contributed by atoms with Gasteiger partial charge in [0.15, 0.2) is 0 Å². The van der Waals surface area contributed by atoms with E-state index >= 15 is 0 Å². The van der Waals surface area contributed by atoms with Crippen LogP contribution in [-0.4, -0.2) is 72.5 Å². The highest BCUT2D eigenvalue weighted by Gasteiger charge is 2.36. The zero-order valence-electron chi connectivity index (χ0n) is 13.7. The van der Waals surface area contributed by atoms with E-state index in [9.17, 15) is 4.79 Å². The van der Waals surface area contributed by atoms with Gasteiger partial charge in [-0.3, -0.25) is 9.69 Å². The monoisotopic (exact) mass is 351 g/mol. The predicted molar refractivity (Wildman–Crippen MR) is 95.2 cm³/mol. The molecule has 0 spiro atoms. The number of nitrogens with zero attached hydrogens (tertiary/aromatic N) is 3. The Bertz CT molecular complexity index is 336. The molecule has 3 heterocycles. The van der Waals surface area contributed by atoms with E-state index in [-0.39, 0.29) is 24.8 Å². The first-order valence-corrected chi connectivity index (χ1v) is 8.46. The molecule has 0 aliphatic carbocycles. The summed E-state index contributed by atoms with van der Waals surface area (Å²) in [4.78, 5) is 19.6. The van der Waals surface area contributed by atoms with Gasteiger partial charge in [0, 0.05) is 38.1 Å². The Hall–Kier alpha value is -0.0300. The number of hydrogen-bond donors (Lipinski definition) is 0. The first kappa shape index (κ1) is 20.0. The summed E-state index contributed by atoms with van der Waals surface area (Å²) >= 11 is 0. The normalized spacial score (nSPS) is 29.4. The zero-order valence-corrected chi connectivity index (χ0v) is 15.3. The standard InChI is InChI=1S/C16H29N3O.2ClH/c1-17-14-6-5-7-15(17)13-19(12-14)16(20)8-11-18-9-3-2-4-10-18;;/h14-15H,2-13H2,1H3;2*1H. The Kier molecular flexibility index (Phi) is 8.47. The molecule has 3 rings (SSSR count). The van der Waals surface area contributed by atoms with Crippen molar-refractivity contribution in [2.45, 2.75) is 57.0 Å². The summed E-state index contributed by atoms with van der Waals surface area (Å²) in [7, 11) is 2.24. The fourth-order valence-corrected chi connectivity index (χ4v) is 4.12. The number of halogens is 2. The molecule has 3 saturated heterocycles. The highest BCUT2D eigenvalue weighted by molar-refractivity contribution is 5.85. The summed E-state index contributed by atoms with van der Waals surface area (Å²) in [5.41, 5.74) is 0. The highest BCUT2D eigenvalue weighted by Crippen LogP contribution is 2.27. The van der Waals surface area contributed by atoms with E-state index in [4.69, 9.17) is 0 Å². The average molecular weight is 352 g/mol. The van der Waals surface area contributed by atoms with Crippen molar-refractivity contribution in [3.63, 3.8) is 0 Å². The molecule has 3 fully saturated rings. The number of hydrogen-bond acceptors (Lipinski definition) is 3. The van der Waals surface area contributed by atoms with Crippen molar-refractivity contribution in [2.75, 3.05) is 39.8 Å². The van der Waals surface area contributed by atoms with Crippen LogP contribution < -0.4 is 0 Å². The van der Waals surface area contributed by atoms with Crippen LogP contribution in [0.15, 0.2) is 0 Å². The second-order valence-corrected chi connectivity index (χ2v) is 6.86. The number of piperidine rings is 2. The molecule has 3 aliphatic rings. The third kappa shape index (κ3) is 4.73. The maximum absolute atomic E-state index is 12.5. The lowest BCUT2D eigenvalue weighted by Crippen LogP contribution is -2.60. The molecule has 1 amide bonds. The minimum Gasteiger partial charge on any atom is -0.340 e. The Morgan fingerprint density at radius 3 is 2.14 bits per heavy atom. The summed E-state index contributed by atoms with van der Waals surface area (Å²) in [5, 5.41) is 0. The minimum absolute atomic E-state index is 0. The second-order valence-electron chi connectivity index (χ2n) is 6.86. The topological polar surface area (TPSA) is 26.8 Å². The van der Waals surface area contributed by atoms with Gasteiger partial charge in [-0.2, -0.15) is 0 Å². The number of fused-ring (bicyclic) bond motifs is 2. The SMILES string of the molecule is CN1C2CCCC1CN(C(=O)CCN1CCCCC1)C2.Cl.Cl. The molecular formula is C16H31Cl2N3O. The van der Waals surface area contributed by atoms with Gasteiger partial charge >= 0.3 is 0 Å². The summed E-state index contributed by atoms with van der Waals surface area (Å²) in [5.74, 6) is 0.389. The van der Waals surface area contributed by atoms with E-state index in [0.717, 1.165) is 26.1 Å². The van der Waals surface area contributed by atoms with Gasteiger partial charge in [0.2, 0.25) is 5.91 Å². The van der Waals surface area contributed by atoms with Gasteiger partial charge in [-0.1, -0.05) is 12.8 Å². The van der Waals surface area contributed by atoms with E-state index in [0.29, 0.717) is 18.0 Å². The fraction of sp³-hybridized carbons (Fsp3) is 0.938. The predicted octanol–water partition coefficient (Wildman–Crippen LogP) is 2.40. The van der Waals surface area contributed by atoms with Crippen LogP contribution in [0.5, 0.6) is 0 Å². The number of amides is 1. The molecule has 6 heteroatoms. The van der Waals surface area contributed by atoms with Crippen molar-refractivity contribution in [3.05, 3.63) is 0 Å². The average Bonchev–Trinajstić information content (AvgIpc) is 2.45. The van der Waals surface area contributed by atoms with Crippen LogP contribution in [0.4, 0.5) is 0 Å². The van der Waals surface area contributed by atoms with Crippen LogP contribution >= 0.6 is 24.8 Å². The van der Waals surface area contributed by atoms with Gasteiger partial charge in [0.05, 0.1) is 0 Å². The molecule has 2 bridgehead atoms. The van der Waals surface area contributed by atoms with Crippen LogP contribution in [0.3, 0.4) is 0 Å². The zero-order chi connectivity index (χ0) is 13.9. The van der Waals surface area contributed by atoms with Gasteiger partial charge in [-0.25, -0.2) is 0 Å². The molecule has 0 N–H and O–H groups in total. The van der Waals surface area contributed by atoms with Crippen LogP contribution in [0.2, 0.25) is 0 Å². The number of rotatable bonds is 3. The van der Waals surface area contributed by atoms with Crippen LogP contribution in [-0.2, 0) is 4.79 Å². The first-order chi connectivity index (χ1) is 9.74. The number of carbonyl (C=O) groups excluding carboxylic acids is 1. The van der Waals surface area contributed by atoms with Crippen molar-refractivity contribution in [2.24, 2.45) is 0 Å². The van der Waals surface area contributed by atoms with Crippen molar-refractivity contribution in [3.8, 4) is 0 Å². The molecular weight excluding hydrogens is 321 g/mol. The number of piperazine rings is 1. The molecule has 130 valence electrons. The molecule has 2 atom stereocenters. The molecule has 22 heavy (non-hydrogen) atoms. The number of likely N-dealkylation sites (tertiary alicyclic amines) is 2. The van der Waals surface area contributed by atoms with Crippen molar-refractivity contribution in [1.82, 2.24) is 14.7 Å². The van der Waals surface area contributed by atoms with Gasteiger partial charge in [-0.15, -0.1) is 24.8 Å². The summed E-state index contributed by atoms with van der Waals surface area (Å²) in [6, 6.07) is 1.22. The smallest absolute Gasteiger partial charge is 0.223 e. The van der Waals surface area contributed by atoms with E-state index < -0.39 is 0 Å². The lowest BCUT2D eigenvalue weighted by Gasteiger charge is -2.48. The first-order valence-electron chi connectivity index (χ1n) is 8.46. The Balaban J connectivity index is 0.00000121. The minimum atomic E-state index is 0. The number of carbonyl (C=O) groups is 1. The molecule has 0 aromatic heterocycles. The van der Waals surface area contributed by atoms with Crippen molar-refractivity contribution < 1.29 is 4.79 Å². The molecule has 0 aromatic rings. The summed E-state index contributed by atoms with van der Waals surface area (Å²) in [6.45, 7) is 5.29. The second kappa shape index (κ2) is 9.31. The van der Waals surface area contributed by atoms with E-state index in [1.165, 1.54) is 51.6 Å². The van der Waals surface area contributed by atoms with E-state index in [1.807, 2.05) is 0 Å². The van der Waals surface area contributed by atoms with Crippen molar-refractivity contribution in [1.29, 1.82) is 0 Å². The Morgan fingerprint density at radius 1 is 0.955 bits per heavy atom. The molecule has 3 aliphatic heterocycles. The number of likely N-dealkylation sites (N-methyl/N-ethyl adjacent to an activating group) is 1. The van der Waals surface area contributed by atoms with E-state index in [2.05, 4.69) is 21.7 Å².